The molecule has 16 heavy (non-hydrogen) atoms. The van der Waals surface area contributed by atoms with Gasteiger partial charge >= 0.3 is 5.97 Å². The molecule has 8 nitrogen and oxygen atoms in total. The number of carboxylic acids is 1. The van der Waals surface area contributed by atoms with Gasteiger partial charge in [0.05, 0.1) is 18.9 Å². The predicted octanol–water partition coefficient (Wildman–Crippen LogP) is -2.74. The number of amides is 2. The number of carbonyl (C=O) groups is 3. The Bertz CT molecular complexity index is 304. The van der Waals surface area contributed by atoms with Gasteiger partial charge in [-0.25, -0.2) is 0 Å². The smallest absolute Gasteiger partial charge is 0.305 e. The molecule has 2 amide bonds. The number of hydrogen-bond acceptors (Lipinski definition) is 5. The van der Waals surface area contributed by atoms with E-state index in [1.807, 2.05) is 5.32 Å². The summed E-state index contributed by atoms with van der Waals surface area (Å²) in [4.78, 5) is 42.2. The molecule has 0 aliphatic carbocycles. The Kier molecular flexibility index (Phi) is 5.71. The second-order valence-electron chi connectivity index (χ2n) is 3.05. The van der Waals surface area contributed by atoms with Crippen molar-refractivity contribution in [3.05, 3.63) is 0 Å². The molecule has 0 spiro atoms. The average molecular weight is 230 g/mol. The molecule has 0 aromatic rings. The summed E-state index contributed by atoms with van der Waals surface area (Å²) in [6.45, 7) is 0. The molecule has 0 aromatic carbocycles. The molecule has 8 heteroatoms. The fourth-order valence-corrected chi connectivity index (χ4v) is 0.885. The number of hydrogen-bond donors (Lipinski definition) is 4. The van der Waals surface area contributed by atoms with Crippen LogP contribution in [0.15, 0.2) is 0 Å². The van der Waals surface area contributed by atoms with Crippen LogP contribution in [-0.4, -0.2) is 41.3 Å². The third kappa shape index (κ3) is 5.70. The highest BCUT2D eigenvalue weighted by Gasteiger charge is 2.21. The molecule has 89 valence electrons. The Hall–Kier alpha value is -1.96. The van der Waals surface area contributed by atoms with Gasteiger partial charge in [0.15, 0.2) is 0 Å². The molecule has 0 aliphatic heterocycles. The number of rotatable bonds is 7. The van der Waals surface area contributed by atoms with Crippen LogP contribution in [0.25, 0.3) is 0 Å². The number of aliphatic carboxylic acids is 1. The van der Waals surface area contributed by atoms with E-state index >= 15 is 0 Å². The number of primary amides is 1. The summed E-state index contributed by atoms with van der Waals surface area (Å²) in [5, 5.41) is 10.4. The van der Waals surface area contributed by atoms with E-state index in [4.69, 9.17) is 16.6 Å². The maximum atomic E-state index is 11.2. The number of carbonyl (C=O) groups excluding carboxylic acids is 3. The van der Waals surface area contributed by atoms with Crippen molar-refractivity contribution in [2.45, 2.75) is 24.9 Å². The highest BCUT2D eigenvalue weighted by molar-refractivity contribution is 5.89. The molecule has 0 heterocycles. The number of nitrogens with one attached hydrogen (secondary N) is 1. The monoisotopic (exact) mass is 230 g/mol. The van der Waals surface area contributed by atoms with Crippen molar-refractivity contribution >= 4 is 24.1 Å². The summed E-state index contributed by atoms with van der Waals surface area (Å²) in [6, 6.07) is -2.49. The molecule has 0 unspecified atom stereocenters. The van der Waals surface area contributed by atoms with Crippen LogP contribution in [0.3, 0.4) is 0 Å². The Morgan fingerprint density at radius 2 is 1.88 bits per heavy atom. The maximum absolute atomic E-state index is 11.2. The molecule has 0 saturated carbocycles. The van der Waals surface area contributed by atoms with Crippen molar-refractivity contribution in [2.75, 3.05) is 0 Å². The van der Waals surface area contributed by atoms with Crippen molar-refractivity contribution in [3.8, 4) is 0 Å². The molecule has 6 N–H and O–H groups in total. The first-order valence-corrected chi connectivity index (χ1v) is 4.30. The van der Waals surface area contributed by atoms with E-state index in [0.29, 0.717) is 0 Å². The van der Waals surface area contributed by atoms with Crippen molar-refractivity contribution < 1.29 is 24.3 Å². The lowest BCUT2D eigenvalue weighted by Gasteiger charge is -2.13. The van der Waals surface area contributed by atoms with E-state index in [1.165, 1.54) is 6.29 Å². The molecule has 0 fully saturated rings. The average Bonchev–Trinajstić information content (AvgIpc) is 2.14. The second kappa shape index (κ2) is 6.51. The Balaban J connectivity index is 4.23. The van der Waals surface area contributed by atoms with E-state index in [0.717, 1.165) is 0 Å². The molecule has 0 aliphatic rings. The van der Waals surface area contributed by atoms with Gasteiger partial charge in [-0.3, -0.25) is 19.2 Å². The molecule has 1 radical (unpaired) electrons. The summed E-state index contributed by atoms with van der Waals surface area (Å²) in [7, 11) is 0. The first-order chi connectivity index (χ1) is 7.36. The van der Waals surface area contributed by atoms with E-state index in [9.17, 15) is 19.2 Å². The minimum absolute atomic E-state index is 0.384. The lowest BCUT2D eigenvalue weighted by Crippen LogP contribution is -2.48. The Labute approximate surface area is 91.0 Å². The van der Waals surface area contributed by atoms with Crippen LogP contribution >= 0.6 is 0 Å². The summed E-state index contributed by atoms with van der Waals surface area (Å²) in [5.74, 6) is -2.86. The van der Waals surface area contributed by atoms with Gasteiger partial charge in [-0.1, -0.05) is 0 Å². The lowest BCUT2D eigenvalue weighted by atomic mass is 10.1. The molecule has 0 saturated heterocycles. The van der Waals surface area contributed by atoms with Crippen LogP contribution in [0.1, 0.15) is 12.8 Å². The van der Waals surface area contributed by atoms with Crippen molar-refractivity contribution in [2.24, 2.45) is 11.5 Å². The molecule has 0 rings (SSSR count). The van der Waals surface area contributed by atoms with Crippen LogP contribution in [-0.2, 0) is 19.2 Å². The summed E-state index contributed by atoms with van der Waals surface area (Å²) in [5.41, 5.74) is 10.1. The summed E-state index contributed by atoms with van der Waals surface area (Å²) >= 11 is 0. The van der Waals surface area contributed by atoms with Gasteiger partial charge in [0.25, 0.3) is 0 Å². The topological polar surface area (TPSA) is 153 Å². The second-order valence-corrected chi connectivity index (χ2v) is 3.05. The first-order valence-electron chi connectivity index (χ1n) is 4.30. The number of carboxylic acid groups (broad SMARTS) is 1. The quantitative estimate of drug-likeness (QED) is 0.372. The van der Waals surface area contributed by atoms with Crippen molar-refractivity contribution in [1.29, 1.82) is 0 Å². The van der Waals surface area contributed by atoms with Gasteiger partial charge in [-0.2, -0.15) is 0 Å². The summed E-state index contributed by atoms with van der Waals surface area (Å²) in [6.07, 6.45) is 0.355. The first kappa shape index (κ1) is 14.0. The fourth-order valence-electron chi connectivity index (χ4n) is 0.885. The van der Waals surface area contributed by atoms with Crippen LogP contribution in [0, 0.1) is 0 Å². The van der Waals surface area contributed by atoms with Gasteiger partial charge in [0, 0.05) is 0 Å². The largest absolute Gasteiger partial charge is 0.481 e. The van der Waals surface area contributed by atoms with Gasteiger partial charge in [-0.15, -0.1) is 0 Å². The number of nitrogens with two attached hydrogens (primary N) is 2. The van der Waals surface area contributed by atoms with Crippen molar-refractivity contribution in [3.63, 3.8) is 0 Å². The Morgan fingerprint density at radius 1 is 1.31 bits per heavy atom. The van der Waals surface area contributed by atoms with Crippen LogP contribution in [0.5, 0.6) is 0 Å². The lowest BCUT2D eigenvalue weighted by molar-refractivity contribution is -0.137. The van der Waals surface area contributed by atoms with Gasteiger partial charge in [0.2, 0.25) is 18.1 Å². The van der Waals surface area contributed by atoms with Crippen LogP contribution in [0.2, 0.25) is 0 Å². The van der Waals surface area contributed by atoms with Crippen LogP contribution in [0.4, 0.5) is 0 Å². The van der Waals surface area contributed by atoms with E-state index in [1.54, 1.807) is 0 Å². The highest BCUT2D eigenvalue weighted by Crippen LogP contribution is 1.92. The van der Waals surface area contributed by atoms with Gasteiger partial charge in [-0.05, 0) is 0 Å². The Morgan fingerprint density at radius 3 is 2.25 bits per heavy atom. The highest BCUT2D eigenvalue weighted by atomic mass is 16.4. The maximum Gasteiger partial charge on any atom is 0.305 e. The third-order valence-corrected chi connectivity index (χ3v) is 1.60. The zero-order valence-electron chi connectivity index (χ0n) is 8.30. The zero-order chi connectivity index (χ0) is 12.7. The minimum atomic E-state index is -1.29. The SMILES string of the molecule is NC(=O)C[C@H](N)C(=O)N[C@H]([C]=O)CC(=O)O. The fraction of sp³-hybridized carbons (Fsp3) is 0.500. The third-order valence-electron chi connectivity index (χ3n) is 1.60. The molecule has 0 bridgehead atoms. The van der Waals surface area contributed by atoms with E-state index < -0.39 is 36.3 Å². The summed E-state index contributed by atoms with van der Waals surface area (Å²) < 4.78 is 0. The molecular weight excluding hydrogens is 218 g/mol. The molecule has 2 atom stereocenters. The predicted molar refractivity (Wildman–Crippen MR) is 51.7 cm³/mol. The zero-order valence-corrected chi connectivity index (χ0v) is 8.30. The molecular formula is C8H12N3O5. The van der Waals surface area contributed by atoms with Gasteiger partial charge in [0.1, 0.15) is 6.04 Å². The van der Waals surface area contributed by atoms with E-state index in [2.05, 4.69) is 0 Å². The van der Waals surface area contributed by atoms with E-state index in [-0.39, 0.29) is 6.42 Å². The molecule has 0 aromatic heterocycles. The van der Waals surface area contributed by atoms with Crippen LogP contribution < -0.4 is 16.8 Å². The normalized spacial score (nSPS) is 13.6. The van der Waals surface area contributed by atoms with Gasteiger partial charge < -0.3 is 21.9 Å². The minimum Gasteiger partial charge on any atom is -0.481 e. The standard InChI is InChI=1S/C8H12N3O5/c9-5(2-6(10)13)8(16)11-4(3-12)1-7(14)15/h4-5H,1-2,9H2,(H2,10,13)(H,11,16)(H,14,15)/t4-,5-/m0/s1. The van der Waals surface area contributed by atoms with Crippen molar-refractivity contribution in [1.82, 2.24) is 5.32 Å².